The van der Waals surface area contributed by atoms with Gasteiger partial charge in [-0.15, -0.1) is 0 Å². The Kier molecular flexibility index (Phi) is 4.63. The molecule has 3 heterocycles. The van der Waals surface area contributed by atoms with Crippen LogP contribution < -0.4 is 4.74 Å². The maximum Gasteiger partial charge on any atom is 0.246 e. The van der Waals surface area contributed by atoms with E-state index >= 15 is 0 Å². The van der Waals surface area contributed by atoms with Crippen LogP contribution in [0, 0.1) is 5.82 Å². The zero-order valence-corrected chi connectivity index (χ0v) is 15.1. The van der Waals surface area contributed by atoms with Gasteiger partial charge < -0.3 is 4.74 Å². The standard InChI is InChI=1S/C18H17FN4O3S/c19-17-5-1-2-6-18(17)23-13-16(11-21-23)27(24,25)22-9-7-15(12-22)26-14-4-3-8-20-10-14/h1-6,8,10-11,13,15H,7,9,12H2/t15-/m1/s1. The van der Waals surface area contributed by atoms with Crippen LogP contribution in [0.4, 0.5) is 4.39 Å². The van der Waals surface area contributed by atoms with Crippen LogP contribution >= 0.6 is 0 Å². The molecule has 9 heteroatoms. The van der Waals surface area contributed by atoms with Crippen molar-refractivity contribution in [2.24, 2.45) is 0 Å². The van der Waals surface area contributed by atoms with E-state index in [1.165, 1.54) is 33.5 Å². The van der Waals surface area contributed by atoms with Gasteiger partial charge in [0, 0.05) is 12.7 Å². The summed E-state index contributed by atoms with van der Waals surface area (Å²) in [5.74, 6) is 0.129. The molecule has 1 saturated heterocycles. The summed E-state index contributed by atoms with van der Waals surface area (Å²) in [4.78, 5) is 4.00. The summed E-state index contributed by atoms with van der Waals surface area (Å²) in [6, 6.07) is 9.60. The molecule has 7 nitrogen and oxygen atoms in total. The van der Waals surface area contributed by atoms with Crippen LogP contribution in [-0.4, -0.2) is 46.7 Å². The number of hydrogen-bond donors (Lipinski definition) is 0. The molecule has 2 aromatic heterocycles. The third-order valence-corrected chi connectivity index (χ3v) is 6.16. The molecule has 1 aliphatic heterocycles. The second-order valence-electron chi connectivity index (χ2n) is 6.15. The van der Waals surface area contributed by atoms with E-state index in [4.69, 9.17) is 4.74 Å². The Bertz CT molecular complexity index is 1040. The smallest absolute Gasteiger partial charge is 0.246 e. The fraction of sp³-hybridized carbons (Fsp3) is 0.222. The fourth-order valence-electron chi connectivity index (χ4n) is 2.98. The molecule has 1 aliphatic rings. The Morgan fingerprint density at radius 1 is 1.15 bits per heavy atom. The highest BCUT2D eigenvalue weighted by Crippen LogP contribution is 2.24. The molecule has 1 aromatic carbocycles. The number of ether oxygens (including phenoxy) is 1. The van der Waals surface area contributed by atoms with E-state index in [1.54, 1.807) is 36.7 Å². The molecule has 1 atom stereocenters. The van der Waals surface area contributed by atoms with Crippen LogP contribution in [-0.2, 0) is 10.0 Å². The lowest BCUT2D eigenvalue weighted by molar-refractivity contribution is 0.214. The Hall–Kier alpha value is -2.78. The van der Waals surface area contributed by atoms with E-state index in [1.807, 2.05) is 0 Å². The summed E-state index contributed by atoms with van der Waals surface area (Å²) in [5, 5.41) is 4.00. The molecular formula is C18H17FN4O3S. The van der Waals surface area contributed by atoms with Gasteiger partial charge in [-0.2, -0.15) is 9.40 Å². The van der Waals surface area contributed by atoms with Crippen LogP contribution in [0.15, 0.2) is 66.1 Å². The van der Waals surface area contributed by atoms with Crippen LogP contribution in [0.2, 0.25) is 0 Å². The molecule has 0 unspecified atom stereocenters. The van der Waals surface area contributed by atoms with Crippen LogP contribution in [0.25, 0.3) is 5.69 Å². The van der Waals surface area contributed by atoms with Gasteiger partial charge in [-0.3, -0.25) is 4.98 Å². The Balaban J connectivity index is 1.50. The normalized spacial score (nSPS) is 17.9. The summed E-state index contributed by atoms with van der Waals surface area (Å²) in [7, 11) is -3.73. The number of sulfonamides is 1. The summed E-state index contributed by atoms with van der Waals surface area (Å²) >= 11 is 0. The first-order valence-electron chi connectivity index (χ1n) is 8.40. The highest BCUT2D eigenvalue weighted by molar-refractivity contribution is 7.89. The molecule has 1 fully saturated rings. The number of hydrogen-bond acceptors (Lipinski definition) is 5. The highest BCUT2D eigenvalue weighted by atomic mass is 32.2. The second kappa shape index (κ2) is 7.09. The predicted octanol–water partition coefficient (Wildman–Crippen LogP) is 2.25. The molecule has 3 aromatic rings. The van der Waals surface area contributed by atoms with Crippen molar-refractivity contribution in [2.45, 2.75) is 17.4 Å². The lowest BCUT2D eigenvalue weighted by atomic mass is 10.3. The third-order valence-electron chi connectivity index (χ3n) is 4.34. The van der Waals surface area contributed by atoms with Crippen molar-refractivity contribution < 1.29 is 17.5 Å². The van der Waals surface area contributed by atoms with Gasteiger partial charge in [0.15, 0.2) is 0 Å². The third kappa shape index (κ3) is 3.56. The SMILES string of the molecule is O=S(=O)(c1cnn(-c2ccccc2F)c1)N1CC[C@@H](Oc2cccnc2)C1. The summed E-state index contributed by atoms with van der Waals surface area (Å²) < 4.78 is 48.0. The minimum Gasteiger partial charge on any atom is -0.487 e. The molecule has 140 valence electrons. The first kappa shape index (κ1) is 17.6. The van der Waals surface area contributed by atoms with E-state index in [0.717, 1.165) is 0 Å². The van der Waals surface area contributed by atoms with E-state index in [2.05, 4.69) is 10.1 Å². The summed E-state index contributed by atoms with van der Waals surface area (Å²) in [6.45, 7) is 0.584. The van der Waals surface area contributed by atoms with Crippen molar-refractivity contribution in [3.63, 3.8) is 0 Å². The number of nitrogens with zero attached hydrogens (tertiary/aromatic N) is 4. The summed E-state index contributed by atoms with van der Waals surface area (Å²) in [6.07, 6.45) is 6.13. The van der Waals surface area contributed by atoms with E-state index in [0.29, 0.717) is 18.7 Å². The lowest BCUT2D eigenvalue weighted by Gasteiger charge is -2.16. The van der Waals surface area contributed by atoms with Crippen LogP contribution in [0.3, 0.4) is 0 Å². The minimum atomic E-state index is -3.73. The van der Waals surface area contributed by atoms with Crippen molar-refractivity contribution in [3.05, 3.63) is 67.0 Å². The van der Waals surface area contributed by atoms with Crippen molar-refractivity contribution in [1.29, 1.82) is 0 Å². The maximum atomic E-state index is 13.9. The van der Waals surface area contributed by atoms with E-state index in [9.17, 15) is 12.8 Å². The Morgan fingerprint density at radius 2 is 2.00 bits per heavy atom. The van der Waals surface area contributed by atoms with Gasteiger partial charge in [-0.25, -0.2) is 17.5 Å². The largest absolute Gasteiger partial charge is 0.487 e. The number of pyridine rings is 1. The van der Waals surface area contributed by atoms with E-state index < -0.39 is 15.8 Å². The zero-order chi connectivity index (χ0) is 18.9. The molecule has 0 radical (unpaired) electrons. The average molecular weight is 388 g/mol. The molecule has 0 saturated carbocycles. The molecule has 0 spiro atoms. The van der Waals surface area contributed by atoms with Crippen molar-refractivity contribution in [2.75, 3.05) is 13.1 Å². The van der Waals surface area contributed by atoms with Crippen molar-refractivity contribution >= 4 is 10.0 Å². The first-order chi connectivity index (χ1) is 13.0. The minimum absolute atomic E-state index is 0.0211. The van der Waals surface area contributed by atoms with Gasteiger partial charge >= 0.3 is 0 Å². The Morgan fingerprint density at radius 3 is 2.78 bits per heavy atom. The second-order valence-corrected chi connectivity index (χ2v) is 8.09. The van der Waals surface area contributed by atoms with Crippen molar-refractivity contribution in [3.8, 4) is 11.4 Å². The highest BCUT2D eigenvalue weighted by Gasteiger charge is 2.34. The zero-order valence-electron chi connectivity index (χ0n) is 14.3. The van der Waals surface area contributed by atoms with Gasteiger partial charge in [-0.1, -0.05) is 12.1 Å². The number of halogens is 1. The van der Waals surface area contributed by atoms with Crippen LogP contribution in [0.1, 0.15) is 6.42 Å². The molecule has 0 N–H and O–H groups in total. The van der Waals surface area contributed by atoms with Gasteiger partial charge in [0.1, 0.15) is 28.3 Å². The van der Waals surface area contributed by atoms with E-state index in [-0.39, 0.29) is 23.2 Å². The molecule has 0 bridgehead atoms. The van der Waals surface area contributed by atoms with Crippen LogP contribution in [0.5, 0.6) is 5.75 Å². The molecule has 0 aliphatic carbocycles. The van der Waals surface area contributed by atoms with Gasteiger partial charge in [0.05, 0.1) is 25.1 Å². The summed E-state index contributed by atoms with van der Waals surface area (Å²) in [5.41, 5.74) is 0.193. The fourth-order valence-corrected chi connectivity index (χ4v) is 4.40. The number of para-hydroxylation sites is 1. The van der Waals surface area contributed by atoms with Gasteiger partial charge in [-0.05, 0) is 30.7 Å². The first-order valence-corrected chi connectivity index (χ1v) is 9.84. The topological polar surface area (TPSA) is 77.3 Å². The van der Waals surface area contributed by atoms with Gasteiger partial charge in [0.25, 0.3) is 0 Å². The lowest BCUT2D eigenvalue weighted by Crippen LogP contribution is -2.30. The van der Waals surface area contributed by atoms with Gasteiger partial charge in [0.2, 0.25) is 10.0 Å². The molecule has 27 heavy (non-hydrogen) atoms. The Labute approximate surface area is 156 Å². The number of benzene rings is 1. The van der Waals surface area contributed by atoms with Crippen molar-refractivity contribution in [1.82, 2.24) is 19.1 Å². The number of rotatable bonds is 5. The predicted molar refractivity (Wildman–Crippen MR) is 95.6 cm³/mol. The quantitative estimate of drug-likeness (QED) is 0.670. The number of aromatic nitrogens is 3. The average Bonchev–Trinajstić information content (AvgIpc) is 3.33. The molecule has 0 amide bonds. The monoisotopic (exact) mass is 388 g/mol. The molecular weight excluding hydrogens is 371 g/mol. The molecule has 4 rings (SSSR count). The maximum absolute atomic E-state index is 13.9.